The van der Waals surface area contributed by atoms with Gasteiger partial charge in [0.2, 0.25) is 5.91 Å². The van der Waals surface area contributed by atoms with Crippen molar-refractivity contribution in [3.05, 3.63) is 30.1 Å². The molecule has 4 nitrogen and oxygen atoms in total. The molecule has 1 rings (SSSR count). The highest BCUT2D eigenvalue weighted by molar-refractivity contribution is 5.76. The molecule has 0 spiro atoms. The van der Waals surface area contributed by atoms with Gasteiger partial charge in [0.25, 0.3) is 0 Å². The van der Waals surface area contributed by atoms with Gasteiger partial charge in [-0.05, 0) is 36.6 Å². The summed E-state index contributed by atoms with van der Waals surface area (Å²) in [4.78, 5) is 15.4. The van der Waals surface area contributed by atoms with Crippen molar-refractivity contribution in [3.63, 3.8) is 0 Å². The summed E-state index contributed by atoms with van der Waals surface area (Å²) in [6.45, 7) is 3.28. The van der Waals surface area contributed by atoms with Crippen molar-refractivity contribution < 1.29 is 4.79 Å². The first-order valence-electron chi connectivity index (χ1n) is 5.58. The fourth-order valence-electron chi connectivity index (χ4n) is 1.27. The Hall–Kier alpha value is -1.42. The molecule has 1 amide bonds. The number of pyridine rings is 1. The van der Waals surface area contributed by atoms with Gasteiger partial charge >= 0.3 is 0 Å². The minimum Gasteiger partial charge on any atom is -0.356 e. The molecule has 3 N–H and O–H groups in total. The first-order chi connectivity index (χ1) is 7.72. The van der Waals surface area contributed by atoms with E-state index in [9.17, 15) is 4.79 Å². The van der Waals surface area contributed by atoms with Gasteiger partial charge in [0, 0.05) is 25.4 Å². The molecule has 0 aliphatic heterocycles. The average Bonchev–Trinajstić information content (AvgIpc) is 2.34. The van der Waals surface area contributed by atoms with E-state index in [1.807, 2.05) is 19.1 Å². The van der Waals surface area contributed by atoms with Gasteiger partial charge in [-0.2, -0.15) is 0 Å². The number of nitrogens with one attached hydrogen (secondary N) is 1. The predicted octanol–water partition coefficient (Wildman–Crippen LogP) is 0.725. The van der Waals surface area contributed by atoms with Gasteiger partial charge in [-0.25, -0.2) is 0 Å². The fraction of sp³-hybridized carbons (Fsp3) is 0.500. The molecule has 1 heterocycles. The third-order valence-electron chi connectivity index (χ3n) is 2.44. The highest BCUT2D eigenvalue weighted by Gasteiger charge is 2.04. The number of aryl methyl sites for hydroxylation is 1. The number of nitrogens with zero attached hydrogens (tertiary/aromatic N) is 1. The molecular weight excluding hydrogens is 202 g/mol. The van der Waals surface area contributed by atoms with Gasteiger partial charge in [0.15, 0.2) is 0 Å². The molecule has 0 saturated heterocycles. The van der Waals surface area contributed by atoms with E-state index in [1.165, 1.54) is 0 Å². The van der Waals surface area contributed by atoms with Gasteiger partial charge < -0.3 is 11.1 Å². The number of nitrogens with two attached hydrogens (primary N) is 1. The monoisotopic (exact) mass is 221 g/mol. The molecular formula is C12H19N3O. The Balaban J connectivity index is 2.20. The average molecular weight is 221 g/mol. The zero-order valence-electron chi connectivity index (χ0n) is 9.65. The lowest BCUT2D eigenvalue weighted by molar-refractivity contribution is -0.121. The van der Waals surface area contributed by atoms with E-state index in [2.05, 4.69) is 10.3 Å². The Labute approximate surface area is 96.3 Å². The summed E-state index contributed by atoms with van der Waals surface area (Å²) >= 11 is 0. The molecule has 1 unspecified atom stereocenters. The molecule has 1 atom stereocenters. The third-order valence-corrected chi connectivity index (χ3v) is 2.44. The minimum atomic E-state index is 0.0807. The molecule has 0 aliphatic carbocycles. The Bertz CT molecular complexity index is 313. The summed E-state index contributed by atoms with van der Waals surface area (Å²) in [6, 6.07) is 3.85. The zero-order valence-corrected chi connectivity index (χ0v) is 9.65. The van der Waals surface area contributed by atoms with Crippen LogP contribution in [0.1, 0.15) is 18.9 Å². The van der Waals surface area contributed by atoms with Crippen LogP contribution in [0.2, 0.25) is 0 Å². The van der Waals surface area contributed by atoms with Gasteiger partial charge in [-0.3, -0.25) is 9.78 Å². The quantitative estimate of drug-likeness (QED) is 0.744. The van der Waals surface area contributed by atoms with Gasteiger partial charge in [-0.1, -0.05) is 6.92 Å². The van der Waals surface area contributed by atoms with Crippen molar-refractivity contribution >= 4 is 5.91 Å². The van der Waals surface area contributed by atoms with Crippen LogP contribution in [-0.2, 0) is 11.2 Å². The van der Waals surface area contributed by atoms with E-state index in [0.717, 1.165) is 12.0 Å². The zero-order chi connectivity index (χ0) is 11.8. The number of aromatic nitrogens is 1. The van der Waals surface area contributed by atoms with E-state index >= 15 is 0 Å². The van der Waals surface area contributed by atoms with E-state index in [1.54, 1.807) is 12.4 Å². The van der Waals surface area contributed by atoms with Crippen molar-refractivity contribution in [1.82, 2.24) is 10.3 Å². The molecule has 0 saturated carbocycles. The third kappa shape index (κ3) is 4.89. The Morgan fingerprint density at radius 2 is 2.19 bits per heavy atom. The van der Waals surface area contributed by atoms with Crippen LogP contribution in [0.5, 0.6) is 0 Å². The van der Waals surface area contributed by atoms with Crippen molar-refractivity contribution in [2.24, 2.45) is 11.7 Å². The minimum absolute atomic E-state index is 0.0807. The van der Waals surface area contributed by atoms with Crippen LogP contribution in [0.15, 0.2) is 24.5 Å². The summed E-state index contributed by atoms with van der Waals surface area (Å²) in [5.41, 5.74) is 6.60. The maximum atomic E-state index is 11.5. The molecule has 1 aromatic rings. The van der Waals surface area contributed by atoms with Crippen molar-refractivity contribution in [1.29, 1.82) is 0 Å². The topological polar surface area (TPSA) is 68.0 Å². The van der Waals surface area contributed by atoms with E-state index in [4.69, 9.17) is 5.73 Å². The SMILES string of the molecule is CC(CN)CNC(=O)CCc1ccncc1. The summed E-state index contributed by atoms with van der Waals surface area (Å²) in [5, 5.41) is 2.87. The van der Waals surface area contributed by atoms with Crippen LogP contribution in [0.25, 0.3) is 0 Å². The standard InChI is InChI=1S/C12H19N3O/c1-10(8-13)9-15-12(16)3-2-11-4-6-14-7-5-11/h4-7,10H,2-3,8-9,13H2,1H3,(H,15,16). The Morgan fingerprint density at radius 1 is 1.50 bits per heavy atom. The van der Waals surface area contributed by atoms with Crippen LogP contribution >= 0.6 is 0 Å². The largest absolute Gasteiger partial charge is 0.356 e. The van der Waals surface area contributed by atoms with E-state index in [-0.39, 0.29) is 5.91 Å². The van der Waals surface area contributed by atoms with Crippen LogP contribution < -0.4 is 11.1 Å². The molecule has 0 bridgehead atoms. The lowest BCUT2D eigenvalue weighted by atomic mass is 10.1. The van der Waals surface area contributed by atoms with Crippen LogP contribution in [-0.4, -0.2) is 24.0 Å². The van der Waals surface area contributed by atoms with E-state index < -0.39 is 0 Å². The molecule has 0 radical (unpaired) electrons. The lowest BCUT2D eigenvalue weighted by Crippen LogP contribution is -2.31. The first-order valence-corrected chi connectivity index (χ1v) is 5.58. The summed E-state index contributed by atoms with van der Waals surface area (Å²) in [7, 11) is 0. The van der Waals surface area contributed by atoms with Crippen molar-refractivity contribution in [2.45, 2.75) is 19.8 Å². The van der Waals surface area contributed by atoms with Crippen molar-refractivity contribution in [3.8, 4) is 0 Å². The molecule has 4 heteroatoms. The van der Waals surface area contributed by atoms with Crippen molar-refractivity contribution in [2.75, 3.05) is 13.1 Å². The highest BCUT2D eigenvalue weighted by Crippen LogP contribution is 2.00. The predicted molar refractivity (Wildman–Crippen MR) is 63.8 cm³/mol. The summed E-state index contributed by atoms with van der Waals surface area (Å²) in [6.07, 6.45) is 4.75. The second-order valence-electron chi connectivity index (χ2n) is 4.00. The van der Waals surface area contributed by atoms with E-state index in [0.29, 0.717) is 25.4 Å². The first kappa shape index (κ1) is 12.6. The number of amides is 1. The van der Waals surface area contributed by atoms with Crippen LogP contribution in [0, 0.1) is 5.92 Å². The fourth-order valence-corrected chi connectivity index (χ4v) is 1.27. The molecule has 88 valence electrons. The van der Waals surface area contributed by atoms with Gasteiger partial charge in [0.05, 0.1) is 0 Å². The number of rotatable bonds is 6. The number of hydrogen-bond donors (Lipinski definition) is 2. The number of hydrogen-bond acceptors (Lipinski definition) is 3. The van der Waals surface area contributed by atoms with Crippen LogP contribution in [0.4, 0.5) is 0 Å². The van der Waals surface area contributed by atoms with Crippen LogP contribution in [0.3, 0.4) is 0 Å². The molecule has 0 aliphatic rings. The number of carbonyl (C=O) groups is 1. The number of carbonyl (C=O) groups excluding carboxylic acids is 1. The van der Waals surface area contributed by atoms with Gasteiger partial charge in [-0.15, -0.1) is 0 Å². The Kier molecular flexibility index (Phi) is 5.50. The Morgan fingerprint density at radius 3 is 2.81 bits per heavy atom. The highest BCUT2D eigenvalue weighted by atomic mass is 16.1. The summed E-state index contributed by atoms with van der Waals surface area (Å²) < 4.78 is 0. The maximum Gasteiger partial charge on any atom is 0.220 e. The smallest absolute Gasteiger partial charge is 0.220 e. The maximum absolute atomic E-state index is 11.5. The molecule has 16 heavy (non-hydrogen) atoms. The molecule has 0 fully saturated rings. The lowest BCUT2D eigenvalue weighted by Gasteiger charge is -2.09. The normalized spacial score (nSPS) is 12.1. The summed E-state index contributed by atoms with van der Waals surface area (Å²) in [5.74, 6) is 0.419. The van der Waals surface area contributed by atoms with Gasteiger partial charge in [0.1, 0.15) is 0 Å². The molecule has 1 aromatic heterocycles. The second-order valence-corrected chi connectivity index (χ2v) is 4.00. The molecule has 0 aromatic carbocycles. The second kappa shape index (κ2) is 6.95.